The standard InChI is InChI=1S/C23H30F2N2O/c1-17(2)15-27(3)16-23(28)26-14-4-5-22(18-6-10-20(24)11-7-18)19-8-12-21(25)13-9-19/h6-13,17,22H,4-5,14-16H2,1-3H3,(H,26,28). The molecule has 2 aromatic carbocycles. The van der Waals surface area contributed by atoms with Gasteiger partial charge in [0.25, 0.3) is 0 Å². The Labute approximate surface area is 166 Å². The summed E-state index contributed by atoms with van der Waals surface area (Å²) < 4.78 is 26.6. The van der Waals surface area contributed by atoms with Gasteiger partial charge in [0.05, 0.1) is 6.54 Å². The molecule has 3 nitrogen and oxygen atoms in total. The van der Waals surface area contributed by atoms with Crippen LogP contribution in [0.1, 0.15) is 43.7 Å². The van der Waals surface area contributed by atoms with E-state index in [-0.39, 0.29) is 23.5 Å². The number of nitrogens with one attached hydrogen (secondary N) is 1. The van der Waals surface area contributed by atoms with Crippen LogP contribution < -0.4 is 5.32 Å². The van der Waals surface area contributed by atoms with Gasteiger partial charge < -0.3 is 5.32 Å². The average molecular weight is 389 g/mol. The summed E-state index contributed by atoms with van der Waals surface area (Å²) in [6.45, 7) is 6.09. The first kappa shape index (κ1) is 22.0. The van der Waals surface area contributed by atoms with E-state index in [0.29, 0.717) is 19.0 Å². The number of benzene rings is 2. The normalized spacial score (nSPS) is 11.4. The van der Waals surface area contributed by atoms with Crippen molar-refractivity contribution >= 4 is 5.91 Å². The third-order valence-corrected chi connectivity index (χ3v) is 4.63. The molecule has 0 aromatic heterocycles. The summed E-state index contributed by atoms with van der Waals surface area (Å²) in [7, 11) is 1.94. The van der Waals surface area contributed by atoms with Crippen LogP contribution in [0, 0.1) is 17.6 Å². The van der Waals surface area contributed by atoms with Crippen molar-refractivity contribution in [1.29, 1.82) is 0 Å². The number of rotatable bonds is 10. The first-order valence-corrected chi connectivity index (χ1v) is 9.81. The summed E-state index contributed by atoms with van der Waals surface area (Å²) >= 11 is 0. The van der Waals surface area contributed by atoms with Crippen LogP contribution in [0.25, 0.3) is 0 Å². The number of carbonyl (C=O) groups is 1. The molecule has 5 heteroatoms. The highest BCUT2D eigenvalue weighted by Gasteiger charge is 2.15. The second-order valence-electron chi connectivity index (χ2n) is 7.74. The molecule has 0 fully saturated rings. The van der Waals surface area contributed by atoms with Gasteiger partial charge in [-0.3, -0.25) is 9.69 Å². The van der Waals surface area contributed by atoms with Crippen LogP contribution in [-0.2, 0) is 4.79 Å². The van der Waals surface area contributed by atoms with Crippen LogP contribution >= 0.6 is 0 Å². The van der Waals surface area contributed by atoms with E-state index in [0.717, 1.165) is 30.5 Å². The maximum absolute atomic E-state index is 13.3. The molecular weight excluding hydrogens is 358 g/mol. The quantitative estimate of drug-likeness (QED) is 0.604. The van der Waals surface area contributed by atoms with Gasteiger partial charge in [-0.2, -0.15) is 0 Å². The molecule has 0 aliphatic rings. The molecule has 0 atom stereocenters. The van der Waals surface area contributed by atoms with E-state index in [1.165, 1.54) is 24.3 Å². The minimum atomic E-state index is -0.278. The molecule has 1 N–H and O–H groups in total. The Kier molecular flexibility index (Phi) is 8.58. The predicted molar refractivity (Wildman–Crippen MR) is 109 cm³/mol. The summed E-state index contributed by atoms with van der Waals surface area (Å²) in [6, 6.07) is 12.8. The van der Waals surface area contributed by atoms with Crippen molar-refractivity contribution in [2.45, 2.75) is 32.6 Å². The second kappa shape index (κ2) is 10.9. The van der Waals surface area contributed by atoms with Gasteiger partial charge in [-0.25, -0.2) is 8.78 Å². The molecule has 0 aliphatic heterocycles. The fourth-order valence-electron chi connectivity index (χ4n) is 3.44. The van der Waals surface area contributed by atoms with Gasteiger partial charge in [-0.1, -0.05) is 38.1 Å². The number of hydrogen-bond donors (Lipinski definition) is 1. The molecule has 2 rings (SSSR count). The smallest absolute Gasteiger partial charge is 0.234 e. The van der Waals surface area contributed by atoms with E-state index in [9.17, 15) is 13.6 Å². The lowest BCUT2D eigenvalue weighted by Crippen LogP contribution is -2.37. The van der Waals surface area contributed by atoms with Gasteiger partial charge in [0.1, 0.15) is 11.6 Å². The third kappa shape index (κ3) is 7.39. The monoisotopic (exact) mass is 388 g/mol. The highest BCUT2D eigenvalue weighted by atomic mass is 19.1. The lowest BCUT2D eigenvalue weighted by atomic mass is 9.87. The maximum Gasteiger partial charge on any atom is 0.234 e. The fraction of sp³-hybridized carbons (Fsp3) is 0.435. The van der Waals surface area contributed by atoms with E-state index >= 15 is 0 Å². The van der Waals surface area contributed by atoms with Crippen molar-refractivity contribution in [3.8, 4) is 0 Å². The number of halogens is 2. The van der Waals surface area contributed by atoms with Crippen LogP contribution in [0.3, 0.4) is 0 Å². The zero-order valence-electron chi connectivity index (χ0n) is 16.9. The summed E-state index contributed by atoms with van der Waals surface area (Å²) in [5.41, 5.74) is 1.96. The Morgan fingerprint density at radius 2 is 1.46 bits per heavy atom. The van der Waals surface area contributed by atoms with E-state index < -0.39 is 0 Å². The number of carbonyl (C=O) groups excluding carboxylic acids is 1. The molecule has 0 bridgehead atoms. The number of nitrogens with zero attached hydrogens (tertiary/aromatic N) is 1. The van der Waals surface area contributed by atoms with E-state index in [2.05, 4.69) is 19.2 Å². The fourth-order valence-corrected chi connectivity index (χ4v) is 3.44. The Morgan fingerprint density at radius 1 is 0.964 bits per heavy atom. The minimum Gasteiger partial charge on any atom is -0.355 e. The molecule has 2 aromatic rings. The molecule has 1 amide bonds. The summed E-state index contributed by atoms with van der Waals surface area (Å²) in [5, 5.41) is 2.96. The Morgan fingerprint density at radius 3 is 1.93 bits per heavy atom. The van der Waals surface area contributed by atoms with Gasteiger partial charge in [0.2, 0.25) is 5.91 Å². The van der Waals surface area contributed by atoms with Crippen molar-refractivity contribution in [2.24, 2.45) is 5.92 Å². The topological polar surface area (TPSA) is 32.3 Å². The van der Waals surface area contributed by atoms with E-state index in [4.69, 9.17) is 0 Å². The van der Waals surface area contributed by atoms with E-state index in [1.807, 2.05) is 11.9 Å². The molecule has 0 saturated carbocycles. The van der Waals surface area contributed by atoms with Gasteiger partial charge in [0.15, 0.2) is 0 Å². The summed E-state index contributed by atoms with van der Waals surface area (Å²) in [4.78, 5) is 14.1. The average Bonchev–Trinajstić information content (AvgIpc) is 2.63. The van der Waals surface area contributed by atoms with Crippen LogP contribution in [0.4, 0.5) is 8.78 Å². The third-order valence-electron chi connectivity index (χ3n) is 4.63. The molecule has 0 radical (unpaired) electrons. The minimum absolute atomic E-state index is 0.0169. The summed E-state index contributed by atoms with van der Waals surface area (Å²) in [6.07, 6.45) is 1.55. The number of amides is 1. The van der Waals surface area contributed by atoms with Crippen LogP contribution in [0.15, 0.2) is 48.5 Å². The molecule has 0 saturated heterocycles. The van der Waals surface area contributed by atoms with Crippen molar-refractivity contribution in [2.75, 3.05) is 26.7 Å². The maximum atomic E-state index is 13.3. The second-order valence-corrected chi connectivity index (χ2v) is 7.74. The molecule has 0 unspecified atom stereocenters. The van der Waals surface area contributed by atoms with Gasteiger partial charge in [-0.05, 0) is 61.2 Å². The molecule has 0 heterocycles. The van der Waals surface area contributed by atoms with Crippen molar-refractivity contribution in [3.63, 3.8) is 0 Å². The summed E-state index contributed by atoms with van der Waals surface area (Å²) in [5.74, 6) is 0.00808. The van der Waals surface area contributed by atoms with Crippen LogP contribution in [0.2, 0.25) is 0 Å². The van der Waals surface area contributed by atoms with Crippen LogP contribution in [-0.4, -0.2) is 37.5 Å². The molecule has 152 valence electrons. The van der Waals surface area contributed by atoms with Gasteiger partial charge >= 0.3 is 0 Å². The number of likely N-dealkylation sites (N-methyl/N-ethyl adjacent to an activating group) is 1. The SMILES string of the molecule is CC(C)CN(C)CC(=O)NCCCC(c1ccc(F)cc1)c1ccc(F)cc1. The highest BCUT2D eigenvalue weighted by molar-refractivity contribution is 5.77. The zero-order valence-corrected chi connectivity index (χ0v) is 16.9. The van der Waals surface area contributed by atoms with Gasteiger partial charge in [0, 0.05) is 19.0 Å². The molecule has 0 aliphatic carbocycles. The Hall–Kier alpha value is -2.27. The molecule has 28 heavy (non-hydrogen) atoms. The lowest BCUT2D eigenvalue weighted by Gasteiger charge is -2.20. The Balaban J connectivity index is 1.91. The van der Waals surface area contributed by atoms with Gasteiger partial charge in [-0.15, -0.1) is 0 Å². The first-order chi connectivity index (χ1) is 13.3. The largest absolute Gasteiger partial charge is 0.355 e. The predicted octanol–water partition coefficient (Wildman–Crippen LogP) is 4.58. The number of hydrogen-bond acceptors (Lipinski definition) is 2. The van der Waals surface area contributed by atoms with Crippen LogP contribution in [0.5, 0.6) is 0 Å². The zero-order chi connectivity index (χ0) is 20.5. The Bertz CT molecular complexity index is 684. The van der Waals surface area contributed by atoms with Crippen molar-refractivity contribution in [3.05, 3.63) is 71.3 Å². The molecule has 0 spiro atoms. The molecular formula is C23H30F2N2O. The first-order valence-electron chi connectivity index (χ1n) is 9.81. The highest BCUT2D eigenvalue weighted by Crippen LogP contribution is 2.29. The lowest BCUT2D eigenvalue weighted by molar-refractivity contribution is -0.122. The van der Waals surface area contributed by atoms with E-state index in [1.54, 1.807) is 24.3 Å². The van der Waals surface area contributed by atoms with Crippen molar-refractivity contribution < 1.29 is 13.6 Å². The van der Waals surface area contributed by atoms with Crippen molar-refractivity contribution in [1.82, 2.24) is 10.2 Å².